The van der Waals surface area contributed by atoms with Crippen LogP contribution in [0.25, 0.3) is 0 Å². The Kier molecular flexibility index (Phi) is 4.81. The lowest BCUT2D eigenvalue weighted by Crippen LogP contribution is -2.36. The van der Waals surface area contributed by atoms with Gasteiger partial charge in [-0.2, -0.15) is 5.26 Å². The molecule has 1 atom stereocenters. The van der Waals surface area contributed by atoms with Crippen LogP contribution in [0, 0.1) is 17.2 Å². The summed E-state index contributed by atoms with van der Waals surface area (Å²) in [7, 11) is 0. The van der Waals surface area contributed by atoms with Gasteiger partial charge in [0.2, 0.25) is 0 Å². The Hall–Kier alpha value is -1.08. The number of halogens is 1. The molecule has 19 heavy (non-hydrogen) atoms. The summed E-state index contributed by atoms with van der Waals surface area (Å²) in [6, 6.07) is 7.55. The Labute approximate surface area is 119 Å². The van der Waals surface area contributed by atoms with Gasteiger partial charge in [0.25, 0.3) is 0 Å². The summed E-state index contributed by atoms with van der Waals surface area (Å²) in [5.41, 5.74) is 1.66. The van der Waals surface area contributed by atoms with E-state index in [-0.39, 0.29) is 6.10 Å². The zero-order chi connectivity index (χ0) is 13.8. The molecule has 1 aliphatic heterocycles. The molecule has 2 rings (SSSR count). The molecule has 1 heterocycles. The molecule has 0 radical (unpaired) electrons. The largest absolute Gasteiger partial charge is 0.393 e. The predicted octanol–water partition coefficient (Wildman–Crippen LogP) is 2.80. The van der Waals surface area contributed by atoms with Crippen molar-refractivity contribution in [1.29, 1.82) is 5.26 Å². The SMILES string of the molecule is CC(O)C1CCN(Cc2ccc(C#N)cc2Cl)CC1. The number of hydrogen-bond donors (Lipinski definition) is 1. The Morgan fingerprint density at radius 3 is 2.68 bits per heavy atom. The predicted molar refractivity (Wildman–Crippen MR) is 75.8 cm³/mol. The Balaban J connectivity index is 1.94. The van der Waals surface area contributed by atoms with Crippen molar-refractivity contribution in [2.24, 2.45) is 5.92 Å². The molecule has 1 saturated heterocycles. The Morgan fingerprint density at radius 1 is 1.47 bits per heavy atom. The smallest absolute Gasteiger partial charge is 0.0992 e. The molecule has 1 aliphatic rings. The summed E-state index contributed by atoms with van der Waals surface area (Å²) >= 11 is 6.19. The number of aliphatic hydroxyl groups is 1. The van der Waals surface area contributed by atoms with E-state index in [9.17, 15) is 5.11 Å². The van der Waals surface area contributed by atoms with Crippen LogP contribution in [0.5, 0.6) is 0 Å². The fourth-order valence-corrected chi connectivity index (χ4v) is 2.82. The Morgan fingerprint density at radius 2 is 2.16 bits per heavy atom. The number of rotatable bonds is 3. The highest BCUT2D eigenvalue weighted by molar-refractivity contribution is 6.31. The molecule has 1 aromatic rings. The van der Waals surface area contributed by atoms with Gasteiger partial charge in [-0.1, -0.05) is 17.7 Å². The minimum atomic E-state index is -0.208. The van der Waals surface area contributed by atoms with Crippen molar-refractivity contribution in [2.45, 2.75) is 32.4 Å². The fourth-order valence-electron chi connectivity index (χ4n) is 2.58. The van der Waals surface area contributed by atoms with E-state index in [1.807, 2.05) is 19.1 Å². The molecule has 0 aromatic heterocycles. The van der Waals surface area contributed by atoms with E-state index < -0.39 is 0 Å². The van der Waals surface area contributed by atoms with Gasteiger partial charge in [0.1, 0.15) is 0 Å². The third-order valence-electron chi connectivity index (χ3n) is 3.89. The monoisotopic (exact) mass is 278 g/mol. The summed E-state index contributed by atoms with van der Waals surface area (Å²) in [4.78, 5) is 2.35. The average molecular weight is 279 g/mol. The first-order valence-corrected chi connectivity index (χ1v) is 7.07. The van der Waals surface area contributed by atoms with Crippen molar-refractivity contribution in [1.82, 2.24) is 4.90 Å². The van der Waals surface area contributed by atoms with Gasteiger partial charge in [0.15, 0.2) is 0 Å². The summed E-state index contributed by atoms with van der Waals surface area (Å²) in [6.45, 7) is 4.67. The highest BCUT2D eigenvalue weighted by Crippen LogP contribution is 2.24. The van der Waals surface area contributed by atoms with Gasteiger partial charge >= 0.3 is 0 Å². The molecule has 102 valence electrons. The molecule has 0 saturated carbocycles. The highest BCUT2D eigenvalue weighted by atomic mass is 35.5. The number of nitriles is 1. The standard InChI is InChI=1S/C15H19ClN2O/c1-11(19)13-4-6-18(7-5-13)10-14-3-2-12(9-17)8-15(14)16/h2-3,8,11,13,19H,4-7,10H2,1H3. The third-order valence-corrected chi connectivity index (χ3v) is 4.24. The number of likely N-dealkylation sites (tertiary alicyclic amines) is 1. The summed E-state index contributed by atoms with van der Waals surface area (Å²) < 4.78 is 0. The average Bonchev–Trinajstić information content (AvgIpc) is 2.41. The molecular formula is C15H19ClN2O. The van der Waals surface area contributed by atoms with Crippen LogP contribution >= 0.6 is 11.6 Å². The lowest BCUT2D eigenvalue weighted by Gasteiger charge is -2.33. The second-order valence-electron chi connectivity index (χ2n) is 5.27. The second kappa shape index (κ2) is 6.38. The van der Waals surface area contributed by atoms with Crippen molar-refractivity contribution in [3.63, 3.8) is 0 Å². The summed E-state index contributed by atoms with van der Waals surface area (Å²) in [6.07, 6.45) is 1.86. The van der Waals surface area contributed by atoms with Crippen LogP contribution in [-0.2, 0) is 6.54 Å². The maximum absolute atomic E-state index is 9.58. The first kappa shape index (κ1) is 14.3. The van der Waals surface area contributed by atoms with Crippen LogP contribution in [0.2, 0.25) is 5.02 Å². The van der Waals surface area contributed by atoms with Crippen LogP contribution < -0.4 is 0 Å². The number of aliphatic hydroxyl groups excluding tert-OH is 1. The maximum atomic E-state index is 9.58. The topological polar surface area (TPSA) is 47.3 Å². The van der Waals surface area contributed by atoms with E-state index in [0.717, 1.165) is 38.0 Å². The molecule has 1 fully saturated rings. The Bertz CT molecular complexity index is 474. The molecule has 0 bridgehead atoms. The van der Waals surface area contributed by atoms with Gasteiger partial charge in [-0.05, 0) is 56.5 Å². The zero-order valence-corrected chi connectivity index (χ0v) is 11.9. The van der Waals surface area contributed by atoms with E-state index in [1.54, 1.807) is 6.07 Å². The van der Waals surface area contributed by atoms with E-state index in [1.165, 1.54) is 0 Å². The quantitative estimate of drug-likeness (QED) is 0.925. The molecule has 1 unspecified atom stereocenters. The van der Waals surface area contributed by atoms with Crippen LogP contribution in [0.4, 0.5) is 0 Å². The van der Waals surface area contributed by atoms with Crippen molar-refractivity contribution in [3.8, 4) is 6.07 Å². The number of nitrogens with zero attached hydrogens (tertiary/aromatic N) is 2. The van der Waals surface area contributed by atoms with Gasteiger partial charge in [-0.15, -0.1) is 0 Å². The summed E-state index contributed by atoms with van der Waals surface area (Å²) in [5.74, 6) is 0.424. The van der Waals surface area contributed by atoms with Gasteiger partial charge < -0.3 is 5.11 Å². The van der Waals surface area contributed by atoms with E-state index >= 15 is 0 Å². The number of piperidine rings is 1. The normalized spacial score (nSPS) is 19.1. The first-order valence-electron chi connectivity index (χ1n) is 6.69. The lowest BCUT2D eigenvalue weighted by molar-refractivity contribution is 0.0695. The third kappa shape index (κ3) is 3.70. The molecule has 0 aliphatic carbocycles. The molecule has 3 nitrogen and oxygen atoms in total. The van der Waals surface area contributed by atoms with Crippen molar-refractivity contribution in [3.05, 3.63) is 34.3 Å². The van der Waals surface area contributed by atoms with Crippen LogP contribution in [0.15, 0.2) is 18.2 Å². The minimum Gasteiger partial charge on any atom is -0.393 e. The number of hydrogen-bond acceptors (Lipinski definition) is 3. The van der Waals surface area contributed by atoms with E-state index in [2.05, 4.69) is 11.0 Å². The van der Waals surface area contributed by atoms with Gasteiger partial charge in [-0.3, -0.25) is 4.90 Å². The highest BCUT2D eigenvalue weighted by Gasteiger charge is 2.22. The molecule has 1 aromatic carbocycles. The fraction of sp³-hybridized carbons (Fsp3) is 0.533. The second-order valence-corrected chi connectivity index (χ2v) is 5.68. The minimum absolute atomic E-state index is 0.208. The van der Waals surface area contributed by atoms with Crippen molar-refractivity contribution in [2.75, 3.05) is 13.1 Å². The first-order chi connectivity index (χ1) is 9.10. The van der Waals surface area contributed by atoms with Crippen molar-refractivity contribution < 1.29 is 5.11 Å². The number of benzene rings is 1. The molecule has 4 heteroatoms. The molecule has 1 N–H and O–H groups in total. The van der Waals surface area contributed by atoms with E-state index in [4.69, 9.17) is 16.9 Å². The van der Waals surface area contributed by atoms with Crippen molar-refractivity contribution >= 4 is 11.6 Å². The van der Waals surface area contributed by atoms with Crippen LogP contribution in [0.3, 0.4) is 0 Å². The van der Waals surface area contributed by atoms with Gasteiger partial charge in [-0.25, -0.2) is 0 Å². The molecular weight excluding hydrogens is 260 g/mol. The lowest BCUT2D eigenvalue weighted by atomic mass is 9.92. The van der Waals surface area contributed by atoms with Gasteiger partial charge in [0.05, 0.1) is 17.7 Å². The van der Waals surface area contributed by atoms with Crippen LogP contribution in [-0.4, -0.2) is 29.2 Å². The molecule has 0 spiro atoms. The van der Waals surface area contributed by atoms with Gasteiger partial charge in [0, 0.05) is 11.6 Å². The summed E-state index contributed by atoms with van der Waals surface area (Å²) in [5, 5.41) is 19.1. The molecule has 0 amide bonds. The van der Waals surface area contributed by atoms with Crippen LogP contribution in [0.1, 0.15) is 30.9 Å². The zero-order valence-electron chi connectivity index (χ0n) is 11.1. The maximum Gasteiger partial charge on any atom is 0.0992 e. The van der Waals surface area contributed by atoms with E-state index in [0.29, 0.717) is 16.5 Å².